The van der Waals surface area contributed by atoms with E-state index in [1.807, 2.05) is 44.2 Å². The van der Waals surface area contributed by atoms with Crippen LogP contribution >= 0.6 is 0 Å². The molecule has 1 heterocycles. The lowest BCUT2D eigenvalue weighted by Gasteiger charge is -2.10. The molecule has 0 atom stereocenters. The molecule has 0 spiro atoms. The number of rotatable bonds is 4. The second-order valence-electron chi connectivity index (χ2n) is 5.07. The number of hydrogen-bond acceptors (Lipinski definition) is 3. The SMILES string of the molecule is CC(C)n1cc(S(=O)(=O)N(C)C)c(-c2ccccc2)n1. The molecule has 5 nitrogen and oxygen atoms in total. The first-order valence-corrected chi connectivity index (χ1v) is 7.85. The first-order valence-electron chi connectivity index (χ1n) is 6.41. The van der Waals surface area contributed by atoms with Gasteiger partial charge in [-0.25, -0.2) is 12.7 Å². The van der Waals surface area contributed by atoms with Gasteiger partial charge in [-0.3, -0.25) is 4.68 Å². The molecule has 6 heteroatoms. The third kappa shape index (κ3) is 2.62. The van der Waals surface area contributed by atoms with Crippen LogP contribution in [-0.4, -0.2) is 36.6 Å². The Balaban J connectivity index is 2.68. The van der Waals surface area contributed by atoms with Crippen molar-refractivity contribution in [3.63, 3.8) is 0 Å². The van der Waals surface area contributed by atoms with E-state index in [1.165, 1.54) is 18.4 Å². The van der Waals surface area contributed by atoms with Gasteiger partial charge in [-0.2, -0.15) is 5.10 Å². The average molecular weight is 293 g/mol. The summed E-state index contributed by atoms with van der Waals surface area (Å²) in [6.45, 7) is 3.93. The molecule has 0 aliphatic carbocycles. The Hall–Kier alpha value is -1.66. The molecule has 2 rings (SSSR count). The number of benzene rings is 1. The van der Waals surface area contributed by atoms with E-state index < -0.39 is 10.0 Å². The van der Waals surface area contributed by atoms with Gasteiger partial charge in [-0.15, -0.1) is 0 Å². The zero-order valence-electron chi connectivity index (χ0n) is 12.1. The minimum atomic E-state index is -3.52. The van der Waals surface area contributed by atoms with E-state index in [0.29, 0.717) is 5.69 Å². The summed E-state index contributed by atoms with van der Waals surface area (Å²) in [7, 11) is -0.469. The molecule has 0 amide bonds. The molecule has 2 aromatic rings. The van der Waals surface area contributed by atoms with Gasteiger partial charge in [0.15, 0.2) is 0 Å². The van der Waals surface area contributed by atoms with E-state index in [9.17, 15) is 8.42 Å². The van der Waals surface area contributed by atoms with Crippen molar-refractivity contribution < 1.29 is 8.42 Å². The quantitative estimate of drug-likeness (QED) is 0.869. The Morgan fingerprint density at radius 3 is 2.25 bits per heavy atom. The van der Waals surface area contributed by atoms with Gasteiger partial charge in [-0.1, -0.05) is 30.3 Å². The zero-order chi connectivity index (χ0) is 14.9. The van der Waals surface area contributed by atoms with Crippen molar-refractivity contribution in [3.05, 3.63) is 36.5 Å². The molecule has 20 heavy (non-hydrogen) atoms. The standard InChI is InChI=1S/C14H19N3O2S/c1-11(2)17-10-13(20(18,19)16(3)4)14(15-17)12-8-6-5-7-9-12/h5-11H,1-4H3. The molecule has 1 aromatic carbocycles. The Bertz CT molecular complexity index is 688. The Labute approximate surface area is 119 Å². The van der Waals surface area contributed by atoms with Crippen LogP contribution in [0.15, 0.2) is 41.4 Å². The summed E-state index contributed by atoms with van der Waals surface area (Å²) >= 11 is 0. The molecule has 0 aliphatic rings. The number of nitrogens with zero attached hydrogens (tertiary/aromatic N) is 3. The predicted octanol–water partition coefficient (Wildman–Crippen LogP) is 2.38. The fourth-order valence-electron chi connectivity index (χ4n) is 1.82. The monoisotopic (exact) mass is 293 g/mol. The van der Waals surface area contributed by atoms with Crippen molar-refractivity contribution in [2.45, 2.75) is 24.8 Å². The second kappa shape index (κ2) is 5.38. The molecule has 0 aliphatic heterocycles. The first kappa shape index (κ1) is 14.7. The van der Waals surface area contributed by atoms with E-state index in [1.54, 1.807) is 10.9 Å². The maximum absolute atomic E-state index is 12.4. The van der Waals surface area contributed by atoms with Gasteiger partial charge in [0.25, 0.3) is 0 Å². The molecular formula is C14H19N3O2S. The van der Waals surface area contributed by atoms with Crippen LogP contribution in [-0.2, 0) is 10.0 Å². The average Bonchev–Trinajstić information content (AvgIpc) is 2.85. The number of aromatic nitrogens is 2. The first-order chi connectivity index (χ1) is 9.34. The van der Waals surface area contributed by atoms with Crippen LogP contribution in [0.1, 0.15) is 19.9 Å². The van der Waals surface area contributed by atoms with Crippen LogP contribution < -0.4 is 0 Å². The van der Waals surface area contributed by atoms with Crippen LogP contribution in [0.5, 0.6) is 0 Å². The van der Waals surface area contributed by atoms with Crippen LogP contribution in [0.2, 0.25) is 0 Å². The second-order valence-corrected chi connectivity index (χ2v) is 7.19. The molecular weight excluding hydrogens is 274 g/mol. The largest absolute Gasteiger partial charge is 0.268 e. The molecule has 0 radical (unpaired) electrons. The van der Waals surface area contributed by atoms with E-state index in [0.717, 1.165) is 5.56 Å². The molecule has 0 N–H and O–H groups in total. The van der Waals surface area contributed by atoms with Crippen LogP contribution in [0.25, 0.3) is 11.3 Å². The fourth-order valence-corrected chi connectivity index (χ4v) is 2.86. The molecule has 1 aromatic heterocycles. The van der Waals surface area contributed by atoms with Crippen molar-refractivity contribution in [1.82, 2.24) is 14.1 Å². The fraction of sp³-hybridized carbons (Fsp3) is 0.357. The number of hydrogen-bond donors (Lipinski definition) is 0. The highest BCUT2D eigenvalue weighted by Gasteiger charge is 2.26. The third-order valence-electron chi connectivity index (χ3n) is 3.03. The molecule has 0 saturated heterocycles. The van der Waals surface area contributed by atoms with Gasteiger partial charge >= 0.3 is 0 Å². The highest BCUT2D eigenvalue weighted by Crippen LogP contribution is 2.28. The zero-order valence-corrected chi connectivity index (χ0v) is 12.9. The summed E-state index contributed by atoms with van der Waals surface area (Å²) in [6.07, 6.45) is 1.60. The minimum absolute atomic E-state index is 0.101. The Kier molecular flexibility index (Phi) is 3.96. The lowest BCUT2D eigenvalue weighted by atomic mass is 10.2. The minimum Gasteiger partial charge on any atom is -0.268 e. The Morgan fingerprint density at radius 1 is 1.15 bits per heavy atom. The van der Waals surface area contributed by atoms with Gasteiger partial charge in [-0.05, 0) is 13.8 Å². The van der Waals surface area contributed by atoms with Crippen LogP contribution in [0, 0.1) is 0 Å². The van der Waals surface area contributed by atoms with Crippen molar-refractivity contribution in [2.75, 3.05) is 14.1 Å². The molecule has 0 bridgehead atoms. The van der Waals surface area contributed by atoms with Crippen molar-refractivity contribution in [3.8, 4) is 11.3 Å². The van der Waals surface area contributed by atoms with E-state index in [-0.39, 0.29) is 10.9 Å². The van der Waals surface area contributed by atoms with E-state index >= 15 is 0 Å². The van der Waals surface area contributed by atoms with Crippen molar-refractivity contribution in [1.29, 1.82) is 0 Å². The van der Waals surface area contributed by atoms with E-state index in [2.05, 4.69) is 5.10 Å². The van der Waals surface area contributed by atoms with Crippen molar-refractivity contribution in [2.24, 2.45) is 0 Å². The van der Waals surface area contributed by atoms with Crippen LogP contribution in [0.4, 0.5) is 0 Å². The lowest BCUT2D eigenvalue weighted by Crippen LogP contribution is -2.22. The Morgan fingerprint density at radius 2 is 1.75 bits per heavy atom. The summed E-state index contributed by atoms with van der Waals surface area (Å²) in [5, 5.41) is 4.44. The van der Waals surface area contributed by atoms with Gasteiger partial charge in [0, 0.05) is 31.9 Å². The molecule has 108 valence electrons. The summed E-state index contributed by atoms with van der Waals surface area (Å²) in [5.74, 6) is 0. The third-order valence-corrected chi connectivity index (χ3v) is 4.85. The normalized spacial score (nSPS) is 12.3. The highest BCUT2D eigenvalue weighted by molar-refractivity contribution is 7.89. The summed E-state index contributed by atoms with van der Waals surface area (Å²) in [4.78, 5) is 0.238. The highest BCUT2D eigenvalue weighted by atomic mass is 32.2. The topological polar surface area (TPSA) is 55.2 Å². The van der Waals surface area contributed by atoms with Gasteiger partial charge < -0.3 is 0 Å². The summed E-state index contributed by atoms with van der Waals surface area (Å²) in [5.41, 5.74) is 1.29. The maximum atomic E-state index is 12.4. The van der Waals surface area contributed by atoms with Gasteiger partial charge in [0.2, 0.25) is 10.0 Å². The van der Waals surface area contributed by atoms with Crippen molar-refractivity contribution >= 4 is 10.0 Å². The van der Waals surface area contributed by atoms with Gasteiger partial charge in [0.05, 0.1) is 0 Å². The van der Waals surface area contributed by atoms with E-state index in [4.69, 9.17) is 0 Å². The predicted molar refractivity (Wildman–Crippen MR) is 78.9 cm³/mol. The van der Waals surface area contributed by atoms with Gasteiger partial charge in [0.1, 0.15) is 10.6 Å². The summed E-state index contributed by atoms with van der Waals surface area (Å²) < 4.78 is 27.8. The molecule has 0 saturated carbocycles. The smallest absolute Gasteiger partial charge is 0.246 e. The lowest BCUT2D eigenvalue weighted by molar-refractivity contribution is 0.517. The van der Waals surface area contributed by atoms with Crippen LogP contribution in [0.3, 0.4) is 0 Å². The molecule has 0 unspecified atom stereocenters. The number of sulfonamides is 1. The summed E-state index contributed by atoms with van der Waals surface area (Å²) in [6, 6.07) is 9.46. The maximum Gasteiger partial charge on any atom is 0.246 e. The molecule has 0 fully saturated rings.